The zero-order valence-electron chi connectivity index (χ0n) is 18.9. The summed E-state index contributed by atoms with van der Waals surface area (Å²) >= 11 is 0.0122. The third-order valence-corrected chi connectivity index (χ3v) is 6.33. The lowest BCUT2D eigenvalue weighted by molar-refractivity contribution is 0.146. The number of nitrogens with zero attached hydrogens (tertiary/aromatic N) is 6. The van der Waals surface area contributed by atoms with Crippen molar-refractivity contribution in [1.29, 1.82) is 0 Å². The number of alkyl halides is 2. The topological polar surface area (TPSA) is 59.3 Å². The molecule has 1 fully saturated rings. The molecule has 4 heterocycles. The van der Waals surface area contributed by atoms with Crippen molar-refractivity contribution in [2.75, 3.05) is 33.2 Å². The number of hydrogen-bond donors (Lipinski definition) is 0. The van der Waals surface area contributed by atoms with Gasteiger partial charge in [-0.2, -0.15) is 4.98 Å². The van der Waals surface area contributed by atoms with Gasteiger partial charge in [-0.3, -0.25) is 4.90 Å². The molecule has 4 aromatic rings. The molecule has 35 heavy (non-hydrogen) atoms. The fraction of sp³-hybridized carbons (Fsp3) is 0.292. The summed E-state index contributed by atoms with van der Waals surface area (Å²) in [5.41, 5.74) is 0.880. The Morgan fingerprint density at radius 1 is 0.971 bits per heavy atom. The van der Waals surface area contributed by atoms with Gasteiger partial charge in [0.1, 0.15) is 17.1 Å². The second-order valence-corrected chi connectivity index (χ2v) is 8.87. The highest BCUT2D eigenvalue weighted by molar-refractivity contribution is 7.92. The highest BCUT2D eigenvalue weighted by Gasteiger charge is 2.24. The van der Waals surface area contributed by atoms with E-state index in [4.69, 9.17) is 4.74 Å². The van der Waals surface area contributed by atoms with E-state index in [-0.39, 0.29) is 35.4 Å². The molecule has 0 N–H and O–H groups in total. The molecule has 0 radical (unpaired) electrons. The number of para-hydroxylation sites is 1. The van der Waals surface area contributed by atoms with Crippen molar-refractivity contribution in [2.45, 2.75) is 13.0 Å². The largest absolute Gasteiger partial charge is 0.438 e. The van der Waals surface area contributed by atoms with Gasteiger partial charge in [0, 0.05) is 38.9 Å². The predicted molar refractivity (Wildman–Crippen MR) is 129 cm³/mol. The summed E-state index contributed by atoms with van der Waals surface area (Å²) in [6.45, 7) is 4.21. The van der Waals surface area contributed by atoms with E-state index in [0.717, 1.165) is 31.7 Å². The third kappa shape index (κ3) is 5.12. The Morgan fingerprint density at radius 2 is 1.74 bits per heavy atom. The van der Waals surface area contributed by atoms with Crippen LogP contribution in [0, 0.1) is 0 Å². The van der Waals surface area contributed by atoms with Gasteiger partial charge in [-0.25, -0.2) is 22.7 Å². The quantitative estimate of drug-likeness (QED) is 0.339. The van der Waals surface area contributed by atoms with E-state index in [2.05, 4.69) is 31.8 Å². The minimum Gasteiger partial charge on any atom is -0.438 e. The number of pyridine rings is 1. The molecule has 182 valence electrons. The molecule has 0 saturated carbocycles. The van der Waals surface area contributed by atoms with Crippen molar-refractivity contribution in [3.63, 3.8) is 0 Å². The number of benzene rings is 1. The lowest BCUT2D eigenvalue weighted by Gasteiger charge is -2.32. The third-order valence-electron chi connectivity index (χ3n) is 5.90. The Kier molecular flexibility index (Phi) is 6.89. The fourth-order valence-electron chi connectivity index (χ4n) is 4.04. The molecule has 0 unspecified atom stereocenters. The summed E-state index contributed by atoms with van der Waals surface area (Å²) in [6.07, 6.45) is -1.05. The Bertz CT molecular complexity index is 1310. The molecule has 1 aromatic carbocycles. The molecule has 1 aliphatic rings. The first-order valence-electron chi connectivity index (χ1n) is 11.1. The van der Waals surface area contributed by atoms with Crippen LogP contribution < -0.4 is 4.74 Å². The van der Waals surface area contributed by atoms with Crippen LogP contribution in [-0.4, -0.2) is 62.0 Å². The van der Waals surface area contributed by atoms with E-state index in [0.29, 0.717) is 23.3 Å². The molecule has 5 rings (SSSR count). The Labute approximate surface area is 205 Å². The monoisotopic (exact) mass is 500 g/mol. The van der Waals surface area contributed by atoms with E-state index in [1.807, 2.05) is 18.2 Å². The molecule has 7 nitrogen and oxygen atoms in total. The van der Waals surface area contributed by atoms with Gasteiger partial charge in [0.15, 0.2) is 23.8 Å². The Morgan fingerprint density at radius 3 is 2.46 bits per heavy atom. The van der Waals surface area contributed by atoms with Crippen LogP contribution in [0.1, 0.15) is 17.7 Å². The summed E-state index contributed by atoms with van der Waals surface area (Å²) in [5.74, 6) is 0.835. The van der Waals surface area contributed by atoms with E-state index in [1.54, 1.807) is 24.4 Å². The number of aromatic nitrogens is 4. The van der Waals surface area contributed by atoms with E-state index in [9.17, 15) is 12.7 Å². The van der Waals surface area contributed by atoms with Crippen LogP contribution in [0.2, 0.25) is 0 Å². The fourth-order valence-corrected chi connectivity index (χ4v) is 4.41. The number of fused-ring (bicyclic) bond motifs is 1. The lowest BCUT2D eigenvalue weighted by atomic mass is 10.2. The van der Waals surface area contributed by atoms with Gasteiger partial charge < -0.3 is 9.64 Å². The highest BCUT2D eigenvalue weighted by atomic mass is 32.2. The molecular weight excluding hydrogens is 477 g/mol. The zero-order valence-corrected chi connectivity index (χ0v) is 19.8. The average Bonchev–Trinajstić information content (AvgIpc) is 3.23. The van der Waals surface area contributed by atoms with E-state index >= 15 is 0 Å². The first-order valence-corrected chi connectivity index (χ1v) is 11.8. The lowest BCUT2D eigenvalue weighted by Crippen LogP contribution is -2.43. The SMILES string of the molecule is CN1CCN(Cc2cn(SF)c3nc(-c4cccc(C(F)F)n4)nc(Oc4ccccc4)c23)CC1. The summed E-state index contributed by atoms with van der Waals surface area (Å²) in [6, 6.07) is 13.3. The number of piperazine rings is 1. The number of ether oxygens (including phenoxy) is 1. The van der Waals surface area contributed by atoms with Gasteiger partial charge in [-0.1, -0.05) is 24.3 Å². The van der Waals surface area contributed by atoms with Gasteiger partial charge in [-0.05, 0) is 36.9 Å². The van der Waals surface area contributed by atoms with Crippen molar-refractivity contribution in [3.8, 4) is 23.1 Å². The van der Waals surface area contributed by atoms with Gasteiger partial charge in [0.2, 0.25) is 5.88 Å². The molecule has 1 aliphatic heterocycles. The van der Waals surface area contributed by atoms with E-state index < -0.39 is 6.43 Å². The van der Waals surface area contributed by atoms with Gasteiger partial charge in [0.25, 0.3) is 6.43 Å². The first kappa shape index (κ1) is 23.6. The van der Waals surface area contributed by atoms with Crippen LogP contribution in [-0.2, 0) is 6.54 Å². The second-order valence-electron chi connectivity index (χ2n) is 8.34. The Balaban J connectivity index is 1.63. The highest BCUT2D eigenvalue weighted by Crippen LogP contribution is 2.36. The normalized spacial score (nSPS) is 15.2. The second kappa shape index (κ2) is 10.2. The van der Waals surface area contributed by atoms with Crippen molar-refractivity contribution in [3.05, 3.63) is 66.0 Å². The smallest absolute Gasteiger partial charge is 0.280 e. The van der Waals surface area contributed by atoms with Crippen LogP contribution in [0.3, 0.4) is 0 Å². The van der Waals surface area contributed by atoms with Crippen LogP contribution in [0.15, 0.2) is 54.7 Å². The molecule has 0 spiro atoms. The van der Waals surface area contributed by atoms with Gasteiger partial charge >= 0.3 is 0 Å². The Hall–Kier alpha value is -3.15. The summed E-state index contributed by atoms with van der Waals surface area (Å²) < 4.78 is 48.0. The van der Waals surface area contributed by atoms with Crippen molar-refractivity contribution in [2.24, 2.45) is 0 Å². The molecule has 0 atom stereocenters. The molecule has 1 saturated heterocycles. The van der Waals surface area contributed by atoms with Gasteiger partial charge in [-0.15, -0.1) is 3.89 Å². The van der Waals surface area contributed by atoms with Crippen LogP contribution in [0.25, 0.3) is 22.6 Å². The number of hydrogen-bond acceptors (Lipinski definition) is 7. The average molecular weight is 501 g/mol. The van der Waals surface area contributed by atoms with Crippen molar-refractivity contribution < 1.29 is 17.4 Å². The molecule has 0 aliphatic carbocycles. The minimum atomic E-state index is -2.74. The number of likely N-dealkylation sites (N-methyl/N-ethyl adjacent to an activating group) is 1. The standard InChI is InChI=1S/C24H23F3N6OS/c1-31-10-12-32(13-11-31)14-16-15-33(35-27)23-20(16)24(34-17-6-3-2-4-7-17)30-22(29-23)19-9-5-8-18(28-19)21(25)26/h2-9,15,21H,10-14H2,1H3. The van der Waals surface area contributed by atoms with Gasteiger partial charge in [0.05, 0.1) is 5.39 Å². The van der Waals surface area contributed by atoms with E-state index in [1.165, 1.54) is 16.1 Å². The summed E-state index contributed by atoms with van der Waals surface area (Å²) in [7, 11) is 2.08. The van der Waals surface area contributed by atoms with Crippen LogP contribution in [0.4, 0.5) is 12.7 Å². The van der Waals surface area contributed by atoms with Crippen molar-refractivity contribution in [1.82, 2.24) is 28.7 Å². The molecule has 11 heteroatoms. The molecule has 0 amide bonds. The molecule has 0 bridgehead atoms. The maximum Gasteiger partial charge on any atom is 0.280 e. The maximum atomic E-state index is 14.0. The summed E-state index contributed by atoms with van der Waals surface area (Å²) in [4.78, 5) is 17.6. The minimum absolute atomic E-state index is 0.0122. The molecule has 3 aromatic heterocycles. The first-order chi connectivity index (χ1) is 17.0. The van der Waals surface area contributed by atoms with Crippen LogP contribution in [0.5, 0.6) is 11.6 Å². The van der Waals surface area contributed by atoms with Crippen molar-refractivity contribution >= 4 is 23.4 Å². The number of halogens is 3. The number of rotatable bonds is 7. The predicted octanol–water partition coefficient (Wildman–Crippen LogP) is 5.35. The zero-order chi connectivity index (χ0) is 24.4. The summed E-state index contributed by atoms with van der Waals surface area (Å²) in [5, 5.41) is 0.576. The van der Waals surface area contributed by atoms with Crippen LogP contribution >= 0.6 is 12.3 Å². The maximum absolute atomic E-state index is 14.0. The molecular formula is C24H23F3N6OS.